The largest absolute Gasteiger partial charge is 0.354 e. The number of para-hydroxylation sites is 1. The van der Waals surface area contributed by atoms with Gasteiger partial charge in [0, 0.05) is 25.1 Å². The van der Waals surface area contributed by atoms with E-state index in [1.807, 2.05) is 63.2 Å². The molecule has 4 rings (SSSR count). The van der Waals surface area contributed by atoms with Crippen molar-refractivity contribution in [1.82, 2.24) is 10.2 Å². The second-order valence-electron chi connectivity index (χ2n) is 10.9. The molecule has 0 saturated heterocycles. The third-order valence-electron chi connectivity index (χ3n) is 7.65. The lowest BCUT2D eigenvalue weighted by Crippen LogP contribution is -2.53. The maximum absolute atomic E-state index is 15.0. The first-order chi connectivity index (χ1) is 21.6. The van der Waals surface area contributed by atoms with Crippen LogP contribution in [0.25, 0.3) is 0 Å². The second-order valence-corrected chi connectivity index (χ2v) is 12.8. The molecule has 1 N–H and O–H groups in total. The van der Waals surface area contributed by atoms with Crippen molar-refractivity contribution < 1.29 is 22.4 Å². The maximum Gasteiger partial charge on any atom is 0.264 e. The van der Waals surface area contributed by atoms with Crippen LogP contribution in [0.1, 0.15) is 42.5 Å². The monoisotopic (exact) mass is 629 g/mol. The molecule has 4 aromatic carbocycles. The molecule has 0 aliphatic carbocycles. The van der Waals surface area contributed by atoms with E-state index in [9.17, 15) is 18.0 Å². The van der Waals surface area contributed by atoms with E-state index in [0.717, 1.165) is 21.0 Å². The highest BCUT2D eigenvalue weighted by molar-refractivity contribution is 7.92. The average molecular weight is 630 g/mol. The number of rotatable bonds is 14. The number of aryl methyl sites for hydroxylation is 2. The molecule has 0 aromatic heterocycles. The number of nitrogens with zero attached hydrogens (tertiary/aromatic N) is 2. The predicted octanol–water partition coefficient (Wildman–Crippen LogP) is 6.06. The lowest BCUT2D eigenvalue weighted by molar-refractivity contribution is -0.140. The highest BCUT2D eigenvalue weighted by atomic mass is 32.2. The van der Waals surface area contributed by atoms with Crippen LogP contribution in [0.15, 0.2) is 108 Å². The number of carbonyl (C=O) groups is 2. The summed E-state index contributed by atoms with van der Waals surface area (Å²) in [4.78, 5) is 29.5. The molecule has 0 bridgehead atoms. The maximum atomic E-state index is 15.0. The zero-order valence-electron chi connectivity index (χ0n) is 25.9. The fourth-order valence-electron chi connectivity index (χ4n) is 5.13. The van der Waals surface area contributed by atoms with E-state index in [1.165, 1.54) is 23.1 Å². The van der Waals surface area contributed by atoms with Crippen LogP contribution < -0.4 is 9.62 Å². The van der Waals surface area contributed by atoms with Gasteiger partial charge in [-0.3, -0.25) is 13.9 Å². The molecule has 0 unspecified atom stereocenters. The van der Waals surface area contributed by atoms with E-state index in [1.54, 1.807) is 42.5 Å². The Balaban J connectivity index is 1.83. The van der Waals surface area contributed by atoms with Gasteiger partial charge in [0.15, 0.2) is 0 Å². The van der Waals surface area contributed by atoms with Gasteiger partial charge in [0.25, 0.3) is 10.0 Å². The molecule has 0 fully saturated rings. The quantitative estimate of drug-likeness (QED) is 0.184. The molecule has 1 atom stereocenters. The fourth-order valence-corrected chi connectivity index (χ4v) is 6.59. The van der Waals surface area contributed by atoms with Gasteiger partial charge in [0.05, 0.1) is 10.6 Å². The third-order valence-corrected chi connectivity index (χ3v) is 9.42. The van der Waals surface area contributed by atoms with Crippen LogP contribution in [-0.2, 0) is 39.0 Å². The molecule has 0 radical (unpaired) electrons. The van der Waals surface area contributed by atoms with Crippen LogP contribution in [0.5, 0.6) is 0 Å². The van der Waals surface area contributed by atoms with Crippen LogP contribution in [0, 0.1) is 12.7 Å². The molecule has 4 aromatic rings. The van der Waals surface area contributed by atoms with Gasteiger partial charge in [-0.15, -0.1) is 0 Å². The first-order valence-electron chi connectivity index (χ1n) is 15.2. The van der Waals surface area contributed by atoms with Crippen molar-refractivity contribution >= 4 is 27.5 Å². The fraction of sp³-hybridized carbons (Fsp3) is 0.278. The Labute approximate surface area is 265 Å². The zero-order chi connectivity index (χ0) is 32.4. The van der Waals surface area contributed by atoms with Gasteiger partial charge in [-0.1, -0.05) is 98.3 Å². The summed E-state index contributed by atoms with van der Waals surface area (Å²) in [5.74, 6) is -1.55. The molecule has 0 saturated carbocycles. The van der Waals surface area contributed by atoms with Crippen molar-refractivity contribution in [2.75, 3.05) is 17.4 Å². The minimum Gasteiger partial charge on any atom is -0.354 e. The molecule has 236 valence electrons. The summed E-state index contributed by atoms with van der Waals surface area (Å²) in [7, 11) is -4.22. The van der Waals surface area contributed by atoms with Gasteiger partial charge in [0.2, 0.25) is 11.8 Å². The first kappa shape index (κ1) is 33.4. The Morgan fingerprint density at radius 1 is 0.822 bits per heavy atom. The Kier molecular flexibility index (Phi) is 11.5. The van der Waals surface area contributed by atoms with Gasteiger partial charge in [0.1, 0.15) is 18.4 Å². The smallest absolute Gasteiger partial charge is 0.264 e. The van der Waals surface area contributed by atoms with E-state index in [0.29, 0.717) is 25.1 Å². The predicted molar refractivity (Wildman–Crippen MR) is 176 cm³/mol. The summed E-state index contributed by atoms with van der Waals surface area (Å²) in [6.45, 7) is 5.28. The number of sulfonamides is 1. The van der Waals surface area contributed by atoms with Crippen molar-refractivity contribution in [3.8, 4) is 0 Å². The van der Waals surface area contributed by atoms with Crippen molar-refractivity contribution in [2.45, 2.75) is 57.5 Å². The van der Waals surface area contributed by atoms with Crippen molar-refractivity contribution in [2.24, 2.45) is 0 Å². The topological polar surface area (TPSA) is 86.8 Å². The number of amides is 2. The SMILES string of the molecule is CCCNC(=O)[C@@H](Cc1ccccc1)N(Cc1ccccc1F)C(=O)CN(c1ccccc1CC)S(=O)(=O)c1ccc(C)cc1. The Morgan fingerprint density at radius 2 is 1.44 bits per heavy atom. The number of halogens is 1. The molecule has 0 aliphatic rings. The van der Waals surface area contributed by atoms with E-state index in [-0.39, 0.29) is 23.4 Å². The second kappa shape index (κ2) is 15.5. The Bertz CT molecular complexity index is 1700. The lowest BCUT2D eigenvalue weighted by Gasteiger charge is -2.34. The number of carbonyl (C=O) groups excluding carboxylic acids is 2. The van der Waals surface area contributed by atoms with Crippen LogP contribution in [-0.4, -0.2) is 44.3 Å². The number of hydrogen-bond donors (Lipinski definition) is 1. The van der Waals surface area contributed by atoms with E-state index in [2.05, 4.69) is 5.32 Å². The molecule has 9 heteroatoms. The molecule has 45 heavy (non-hydrogen) atoms. The average Bonchev–Trinajstić information content (AvgIpc) is 3.05. The number of hydrogen-bond acceptors (Lipinski definition) is 4. The highest BCUT2D eigenvalue weighted by Crippen LogP contribution is 2.29. The van der Waals surface area contributed by atoms with E-state index in [4.69, 9.17) is 0 Å². The molecule has 0 heterocycles. The number of anilines is 1. The van der Waals surface area contributed by atoms with Crippen LogP contribution in [0.3, 0.4) is 0 Å². The van der Waals surface area contributed by atoms with Crippen LogP contribution in [0.2, 0.25) is 0 Å². The molecule has 0 spiro atoms. The summed E-state index contributed by atoms with van der Waals surface area (Å²) in [6.07, 6.45) is 1.37. The zero-order valence-corrected chi connectivity index (χ0v) is 26.8. The number of nitrogens with one attached hydrogen (secondary N) is 1. The van der Waals surface area contributed by atoms with Crippen molar-refractivity contribution in [3.05, 3.63) is 131 Å². The molecular weight excluding hydrogens is 589 g/mol. The van der Waals surface area contributed by atoms with E-state index < -0.39 is 40.2 Å². The van der Waals surface area contributed by atoms with Gasteiger partial charge in [-0.05, 0) is 55.2 Å². The summed E-state index contributed by atoms with van der Waals surface area (Å²) in [6, 6.07) is 27.8. The van der Waals surface area contributed by atoms with Gasteiger partial charge in [-0.25, -0.2) is 12.8 Å². The summed E-state index contributed by atoms with van der Waals surface area (Å²) in [5, 5.41) is 2.89. The summed E-state index contributed by atoms with van der Waals surface area (Å²) in [5.41, 5.74) is 3.02. The van der Waals surface area contributed by atoms with Gasteiger partial charge in [-0.2, -0.15) is 0 Å². The van der Waals surface area contributed by atoms with Crippen molar-refractivity contribution in [1.29, 1.82) is 0 Å². The summed E-state index contributed by atoms with van der Waals surface area (Å²) >= 11 is 0. The van der Waals surface area contributed by atoms with Crippen molar-refractivity contribution in [3.63, 3.8) is 0 Å². The lowest BCUT2D eigenvalue weighted by atomic mass is 10.0. The van der Waals surface area contributed by atoms with Crippen LogP contribution in [0.4, 0.5) is 10.1 Å². The standard InChI is InChI=1S/C36H40FN3O4S/c1-4-23-38-36(42)34(24-28-13-7-6-8-14-28)39(25-30-16-9-11-17-32(30)37)35(41)26-40(33-18-12-10-15-29(33)5-2)45(43,44)31-21-19-27(3)20-22-31/h6-22,34H,4-5,23-26H2,1-3H3,(H,38,42)/t34-/m1/s1. The summed E-state index contributed by atoms with van der Waals surface area (Å²) < 4.78 is 44.6. The van der Waals surface area contributed by atoms with Gasteiger partial charge < -0.3 is 10.2 Å². The minimum atomic E-state index is -4.22. The Hall–Kier alpha value is -4.50. The Morgan fingerprint density at radius 3 is 2.09 bits per heavy atom. The van der Waals surface area contributed by atoms with Gasteiger partial charge >= 0.3 is 0 Å². The first-order valence-corrected chi connectivity index (χ1v) is 16.6. The normalized spacial score (nSPS) is 11.9. The highest BCUT2D eigenvalue weighted by Gasteiger charge is 2.35. The third kappa shape index (κ3) is 8.36. The molecule has 0 aliphatic heterocycles. The van der Waals surface area contributed by atoms with E-state index >= 15 is 4.39 Å². The minimum absolute atomic E-state index is 0.0361. The molecular formula is C36H40FN3O4S. The van der Waals surface area contributed by atoms with Crippen LogP contribution >= 0.6 is 0 Å². The molecule has 7 nitrogen and oxygen atoms in total. The molecule has 2 amide bonds. The number of benzene rings is 4.